The monoisotopic (exact) mass is 218 g/mol. The molecule has 1 aromatic rings. The molecule has 1 aliphatic rings. The van der Waals surface area contributed by atoms with Gasteiger partial charge in [0.15, 0.2) is 0 Å². The minimum Gasteiger partial charge on any atom is -0.299 e. The summed E-state index contributed by atoms with van der Waals surface area (Å²) < 4.78 is 0. The van der Waals surface area contributed by atoms with Crippen molar-refractivity contribution in [1.29, 1.82) is 0 Å². The Morgan fingerprint density at radius 1 is 1.31 bits per heavy atom. The summed E-state index contributed by atoms with van der Waals surface area (Å²) in [5.74, 6) is 0.933. The maximum Gasteiger partial charge on any atom is 0.0312 e. The van der Waals surface area contributed by atoms with Crippen LogP contribution in [0.25, 0.3) is 0 Å². The van der Waals surface area contributed by atoms with Crippen molar-refractivity contribution in [3.05, 3.63) is 30.1 Å². The van der Waals surface area contributed by atoms with E-state index in [1.165, 1.54) is 31.2 Å². The van der Waals surface area contributed by atoms with E-state index in [0.29, 0.717) is 0 Å². The Balaban J connectivity index is 1.86. The molecular formula is C14H22N2. The Morgan fingerprint density at radius 2 is 2.06 bits per heavy atom. The molecule has 0 spiro atoms. The van der Waals surface area contributed by atoms with Gasteiger partial charge >= 0.3 is 0 Å². The van der Waals surface area contributed by atoms with Crippen LogP contribution in [0.3, 0.4) is 0 Å². The molecule has 0 saturated heterocycles. The van der Waals surface area contributed by atoms with Crippen LogP contribution in [0, 0.1) is 5.92 Å². The molecule has 1 fully saturated rings. The molecule has 0 aromatic carbocycles. The van der Waals surface area contributed by atoms with Gasteiger partial charge in [-0.05, 0) is 50.3 Å². The van der Waals surface area contributed by atoms with Crippen molar-refractivity contribution in [2.75, 3.05) is 7.05 Å². The number of rotatable bonds is 3. The zero-order valence-corrected chi connectivity index (χ0v) is 10.4. The summed E-state index contributed by atoms with van der Waals surface area (Å²) in [7, 11) is 2.24. The maximum absolute atomic E-state index is 4.17. The number of hydrogen-bond donors (Lipinski definition) is 0. The van der Waals surface area contributed by atoms with Gasteiger partial charge in [0.05, 0.1) is 0 Å². The predicted molar refractivity (Wildman–Crippen MR) is 67.1 cm³/mol. The molecule has 0 radical (unpaired) electrons. The van der Waals surface area contributed by atoms with Gasteiger partial charge < -0.3 is 0 Å². The molecule has 2 heteroatoms. The van der Waals surface area contributed by atoms with Crippen molar-refractivity contribution in [2.45, 2.75) is 45.2 Å². The molecule has 1 saturated carbocycles. The summed E-state index contributed by atoms with van der Waals surface area (Å²) >= 11 is 0. The van der Waals surface area contributed by atoms with Crippen molar-refractivity contribution in [3.8, 4) is 0 Å². The minimum absolute atomic E-state index is 0.774. The highest BCUT2D eigenvalue weighted by Gasteiger charge is 2.21. The van der Waals surface area contributed by atoms with Crippen molar-refractivity contribution < 1.29 is 0 Å². The van der Waals surface area contributed by atoms with Crippen LogP contribution >= 0.6 is 0 Å². The van der Waals surface area contributed by atoms with E-state index in [4.69, 9.17) is 0 Å². The Labute approximate surface area is 98.7 Å². The van der Waals surface area contributed by atoms with Gasteiger partial charge in [0.2, 0.25) is 0 Å². The number of nitrogens with zero attached hydrogens (tertiary/aromatic N) is 2. The molecule has 0 bridgehead atoms. The highest BCUT2D eigenvalue weighted by atomic mass is 15.1. The molecule has 2 nitrogen and oxygen atoms in total. The largest absolute Gasteiger partial charge is 0.299 e. The van der Waals surface area contributed by atoms with Crippen molar-refractivity contribution in [1.82, 2.24) is 9.88 Å². The smallest absolute Gasteiger partial charge is 0.0312 e. The second-order valence-corrected chi connectivity index (χ2v) is 5.19. The molecule has 0 unspecified atom stereocenters. The molecule has 0 amide bonds. The van der Waals surface area contributed by atoms with Crippen LogP contribution in [0.1, 0.15) is 38.2 Å². The van der Waals surface area contributed by atoms with E-state index >= 15 is 0 Å². The second kappa shape index (κ2) is 5.44. The first-order chi connectivity index (χ1) is 7.75. The number of hydrogen-bond acceptors (Lipinski definition) is 2. The molecule has 88 valence electrons. The molecule has 0 N–H and O–H groups in total. The fraction of sp³-hybridized carbons (Fsp3) is 0.643. The summed E-state index contributed by atoms with van der Waals surface area (Å²) in [4.78, 5) is 6.66. The molecule has 2 rings (SSSR count). The van der Waals surface area contributed by atoms with Gasteiger partial charge in [0, 0.05) is 25.0 Å². The van der Waals surface area contributed by atoms with Crippen LogP contribution in [0.2, 0.25) is 0 Å². The van der Waals surface area contributed by atoms with Gasteiger partial charge in [-0.1, -0.05) is 13.0 Å². The fourth-order valence-electron chi connectivity index (χ4n) is 2.59. The summed E-state index contributed by atoms with van der Waals surface area (Å²) in [5.41, 5.74) is 1.32. The quantitative estimate of drug-likeness (QED) is 0.775. The summed E-state index contributed by atoms with van der Waals surface area (Å²) in [5, 5.41) is 0. The van der Waals surface area contributed by atoms with Gasteiger partial charge in [-0.3, -0.25) is 9.88 Å². The molecule has 1 heterocycles. The number of pyridine rings is 1. The average Bonchev–Trinajstić information content (AvgIpc) is 2.31. The third-order valence-electron chi connectivity index (χ3n) is 3.76. The van der Waals surface area contributed by atoms with Crippen molar-refractivity contribution >= 4 is 0 Å². The molecular weight excluding hydrogens is 196 g/mol. The summed E-state index contributed by atoms with van der Waals surface area (Å²) in [6, 6.07) is 4.96. The van der Waals surface area contributed by atoms with Crippen LogP contribution in [0.5, 0.6) is 0 Å². The predicted octanol–water partition coefficient (Wildman–Crippen LogP) is 3.09. The third kappa shape index (κ3) is 3.05. The molecule has 1 aromatic heterocycles. The first kappa shape index (κ1) is 11.6. The Hall–Kier alpha value is -0.890. The summed E-state index contributed by atoms with van der Waals surface area (Å²) in [6.45, 7) is 3.41. The lowest BCUT2D eigenvalue weighted by molar-refractivity contribution is 0.164. The SMILES string of the molecule is CN(Cc1cccnc1)[C@H]1CC[C@H](C)CC1. The van der Waals surface area contributed by atoms with Crippen molar-refractivity contribution in [2.24, 2.45) is 5.92 Å². The lowest BCUT2D eigenvalue weighted by Gasteiger charge is -2.33. The maximum atomic E-state index is 4.17. The minimum atomic E-state index is 0.774. The van der Waals surface area contributed by atoms with E-state index in [1.54, 1.807) is 0 Å². The van der Waals surface area contributed by atoms with Gasteiger partial charge in [0.1, 0.15) is 0 Å². The van der Waals surface area contributed by atoms with Crippen molar-refractivity contribution in [3.63, 3.8) is 0 Å². The van der Waals surface area contributed by atoms with Gasteiger partial charge in [-0.25, -0.2) is 0 Å². The van der Waals surface area contributed by atoms with Crippen LogP contribution in [-0.2, 0) is 6.54 Å². The molecule has 1 aliphatic carbocycles. The highest BCUT2D eigenvalue weighted by molar-refractivity contribution is 5.08. The van der Waals surface area contributed by atoms with Crippen LogP contribution in [0.4, 0.5) is 0 Å². The average molecular weight is 218 g/mol. The fourth-order valence-corrected chi connectivity index (χ4v) is 2.59. The summed E-state index contributed by atoms with van der Waals surface area (Å²) in [6.07, 6.45) is 9.31. The second-order valence-electron chi connectivity index (χ2n) is 5.19. The Kier molecular flexibility index (Phi) is 3.94. The molecule has 16 heavy (non-hydrogen) atoms. The van der Waals surface area contributed by atoms with E-state index in [2.05, 4.69) is 29.9 Å². The van der Waals surface area contributed by atoms with Crippen LogP contribution in [-0.4, -0.2) is 23.0 Å². The van der Waals surface area contributed by atoms with Gasteiger partial charge in [0.25, 0.3) is 0 Å². The zero-order valence-electron chi connectivity index (χ0n) is 10.4. The number of aromatic nitrogens is 1. The third-order valence-corrected chi connectivity index (χ3v) is 3.76. The lowest BCUT2D eigenvalue weighted by atomic mass is 9.86. The first-order valence-electron chi connectivity index (χ1n) is 6.35. The van der Waals surface area contributed by atoms with E-state index in [1.807, 2.05) is 18.5 Å². The Bertz CT molecular complexity index is 302. The van der Waals surface area contributed by atoms with Crippen LogP contribution < -0.4 is 0 Å². The molecule has 0 aliphatic heterocycles. The molecule has 0 atom stereocenters. The van der Waals surface area contributed by atoms with Crippen LogP contribution in [0.15, 0.2) is 24.5 Å². The first-order valence-corrected chi connectivity index (χ1v) is 6.35. The Morgan fingerprint density at radius 3 is 2.69 bits per heavy atom. The topological polar surface area (TPSA) is 16.1 Å². The standard InChI is InChI=1S/C14H22N2/c1-12-5-7-14(8-6-12)16(2)11-13-4-3-9-15-10-13/h3-4,9-10,12,14H,5-8,11H2,1-2H3/t12-,14-. The van der Waals surface area contributed by atoms with E-state index in [9.17, 15) is 0 Å². The lowest BCUT2D eigenvalue weighted by Crippen LogP contribution is -2.34. The van der Waals surface area contributed by atoms with Gasteiger partial charge in [-0.2, -0.15) is 0 Å². The van der Waals surface area contributed by atoms with E-state index < -0.39 is 0 Å². The normalized spacial score (nSPS) is 25.9. The zero-order chi connectivity index (χ0) is 11.4. The van der Waals surface area contributed by atoms with Gasteiger partial charge in [-0.15, -0.1) is 0 Å². The highest BCUT2D eigenvalue weighted by Crippen LogP contribution is 2.27. The van der Waals surface area contributed by atoms with E-state index in [0.717, 1.165) is 18.5 Å². The van der Waals surface area contributed by atoms with E-state index in [-0.39, 0.29) is 0 Å².